The first-order valence-corrected chi connectivity index (χ1v) is 10.1. The van der Waals surface area contributed by atoms with E-state index in [0.717, 1.165) is 5.56 Å². The van der Waals surface area contributed by atoms with Crippen molar-refractivity contribution in [3.8, 4) is 5.75 Å². The number of nitrogens with one attached hydrogen (secondary N) is 2. The molecule has 3 aromatic carbocycles. The predicted molar refractivity (Wildman–Crippen MR) is 123 cm³/mol. The fourth-order valence-electron chi connectivity index (χ4n) is 2.54. The number of ether oxygens (including phenoxy) is 1. The van der Waals surface area contributed by atoms with E-state index in [4.69, 9.17) is 27.9 Å². The van der Waals surface area contributed by atoms with Gasteiger partial charge in [0.05, 0.1) is 21.8 Å². The Morgan fingerprint density at radius 2 is 1.66 bits per heavy atom. The van der Waals surface area contributed by atoms with Crippen molar-refractivity contribution in [3.63, 3.8) is 0 Å². The number of anilines is 1. The molecule has 0 radical (unpaired) electrons. The van der Waals surface area contributed by atoms with Gasteiger partial charge in [0.2, 0.25) is 0 Å². The summed E-state index contributed by atoms with van der Waals surface area (Å²) in [6.45, 7) is 1.89. The summed E-state index contributed by atoms with van der Waals surface area (Å²) >= 11 is 11.7. The highest BCUT2D eigenvalue weighted by Gasteiger charge is 2.13. The molecule has 162 valence electrons. The van der Waals surface area contributed by atoms with E-state index in [9.17, 15) is 14.4 Å². The first kappa shape index (κ1) is 23.0. The summed E-state index contributed by atoms with van der Waals surface area (Å²) in [5.41, 5.74) is 4.47. The van der Waals surface area contributed by atoms with Gasteiger partial charge in [0.25, 0.3) is 0 Å². The summed E-state index contributed by atoms with van der Waals surface area (Å²) < 4.78 is 5.33. The van der Waals surface area contributed by atoms with Gasteiger partial charge in [-0.15, -0.1) is 0 Å². The Morgan fingerprint density at radius 1 is 0.906 bits per heavy atom. The van der Waals surface area contributed by atoms with Gasteiger partial charge in [0.1, 0.15) is 5.75 Å². The number of carbonyl (C=O) groups is 3. The molecule has 7 nitrogen and oxygen atoms in total. The summed E-state index contributed by atoms with van der Waals surface area (Å²) in [4.78, 5) is 36.0. The number of carbonyl (C=O) groups excluding carboxylic acids is 3. The Balaban J connectivity index is 1.51. The van der Waals surface area contributed by atoms with Crippen LogP contribution in [0.15, 0.2) is 71.8 Å². The van der Waals surface area contributed by atoms with Gasteiger partial charge in [-0.25, -0.2) is 10.2 Å². The van der Waals surface area contributed by atoms with E-state index < -0.39 is 17.8 Å². The van der Waals surface area contributed by atoms with Gasteiger partial charge in [0.15, 0.2) is 0 Å². The van der Waals surface area contributed by atoms with Crippen LogP contribution in [0.25, 0.3) is 0 Å². The lowest BCUT2D eigenvalue weighted by molar-refractivity contribution is -0.136. The SMILES string of the molecule is Cc1cccc(C(=O)Oc2ccc(/C=N/NC(=O)C(=O)Nc3ccc(Cl)c(Cl)c3)cc2)c1. The number of aryl methyl sites for hydroxylation is 1. The Labute approximate surface area is 194 Å². The molecule has 0 spiro atoms. The average Bonchev–Trinajstić information content (AvgIpc) is 2.77. The van der Waals surface area contributed by atoms with Crippen molar-refractivity contribution in [2.24, 2.45) is 5.10 Å². The predicted octanol–water partition coefficient (Wildman–Crippen LogP) is 4.61. The van der Waals surface area contributed by atoms with Crippen molar-refractivity contribution in [1.82, 2.24) is 5.43 Å². The molecule has 32 heavy (non-hydrogen) atoms. The molecule has 3 aromatic rings. The van der Waals surface area contributed by atoms with Crippen LogP contribution in [0.4, 0.5) is 5.69 Å². The Morgan fingerprint density at radius 3 is 2.34 bits per heavy atom. The summed E-state index contributed by atoms with van der Waals surface area (Å²) in [6.07, 6.45) is 1.34. The van der Waals surface area contributed by atoms with Gasteiger partial charge >= 0.3 is 17.8 Å². The van der Waals surface area contributed by atoms with Crippen molar-refractivity contribution in [1.29, 1.82) is 0 Å². The third-order valence-electron chi connectivity index (χ3n) is 4.11. The Kier molecular flexibility index (Phi) is 7.59. The van der Waals surface area contributed by atoms with Gasteiger partial charge in [-0.2, -0.15) is 5.10 Å². The number of halogens is 2. The van der Waals surface area contributed by atoms with Crippen LogP contribution in [0.5, 0.6) is 5.75 Å². The van der Waals surface area contributed by atoms with E-state index in [1.807, 2.05) is 13.0 Å². The van der Waals surface area contributed by atoms with Crippen LogP contribution in [0, 0.1) is 6.92 Å². The molecule has 9 heteroatoms. The smallest absolute Gasteiger partial charge is 0.343 e. The lowest BCUT2D eigenvalue weighted by Gasteiger charge is -2.06. The quantitative estimate of drug-likeness (QED) is 0.187. The third kappa shape index (κ3) is 6.41. The highest BCUT2D eigenvalue weighted by Crippen LogP contribution is 2.24. The van der Waals surface area contributed by atoms with Gasteiger partial charge in [-0.05, 0) is 67.1 Å². The molecule has 0 saturated heterocycles. The van der Waals surface area contributed by atoms with E-state index >= 15 is 0 Å². The van der Waals surface area contributed by atoms with E-state index in [-0.39, 0.29) is 5.02 Å². The molecule has 0 unspecified atom stereocenters. The van der Waals surface area contributed by atoms with E-state index in [1.54, 1.807) is 42.5 Å². The molecule has 3 rings (SSSR count). The van der Waals surface area contributed by atoms with Crippen LogP contribution in [0.2, 0.25) is 10.0 Å². The summed E-state index contributed by atoms with van der Waals surface area (Å²) in [7, 11) is 0. The number of hydrogen-bond donors (Lipinski definition) is 2. The zero-order valence-electron chi connectivity index (χ0n) is 16.8. The second-order valence-corrected chi connectivity index (χ2v) is 7.42. The molecule has 0 aliphatic heterocycles. The zero-order chi connectivity index (χ0) is 23.1. The maximum absolute atomic E-state index is 12.2. The summed E-state index contributed by atoms with van der Waals surface area (Å²) in [6, 6.07) is 18.0. The lowest BCUT2D eigenvalue weighted by Crippen LogP contribution is -2.32. The number of rotatable bonds is 5. The van der Waals surface area contributed by atoms with Crippen molar-refractivity contribution >= 4 is 52.9 Å². The van der Waals surface area contributed by atoms with Gasteiger partial charge < -0.3 is 10.1 Å². The van der Waals surface area contributed by atoms with Crippen molar-refractivity contribution in [2.75, 3.05) is 5.32 Å². The lowest BCUT2D eigenvalue weighted by atomic mass is 10.1. The maximum Gasteiger partial charge on any atom is 0.343 e. The minimum atomic E-state index is -0.962. The monoisotopic (exact) mass is 469 g/mol. The van der Waals surface area contributed by atoms with Gasteiger partial charge in [-0.3, -0.25) is 9.59 Å². The number of nitrogens with zero attached hydrogens (tertiary/aromatic N) is 1. The molecule has 0 fully saturated rings. The second kappa shape index (κ2) is 10.6. The largest absolute Gasteiger partial charge is 0.423 e. The molecular weight excluding hydrogens is 453 g/mol. The number of amides is 2. The minimum absolute atomic E-state index is 0.246. The first-order valence-electron chi connectivity index (χ1n) is 9.30. The van der Waals surface area contributed by atoms with Crippen LogP contribution < -0.4 is 15.5 Å². The normalized spacial score (nSPS) is 10.6. The highest BCUT2D eigenvalue weighted by molar-refractivity contribution is 6.43. The molecule has 0 aliphatic carbocycles. The van der Waals surface area contributed by atoms with Crippen molar-refractivity contribution in [3.05, 3.63) is 93.5 Å². The molecule has 2 amide bonds. The molecule has 0 aliphatic rings. The highest BCUT2D eigenvalue weighted by atomic mass is 35.5. The topological polar surface area (TPSA) is 96.9 Å². The first-order chi connectivity index (χ1) is 15.3. The fourth-order valence-corrected chi connectivity index (χ4v) is 2.84. The van der Waals surface area contributed by atoms with Crippen molar-refractivity contribution in [2.45, 2.75) is 6.92 Å². The average molecular weight is 470 g/mol. The number of hydrazone groups is 1. The molecule has 0 heterocycles. The maximum atomic E-state index is 12.2. The number of benzene rings is 3. The van der Waals surface area contributed by atoms with Crippen LogP contribution >= 0.6 is 23.2 Å². The Hall–Kier alpha value is -3.68. The minimum Gasteiger partial charge on any atom is -0.423 e. The number of esters is 1. The zero-order valence-corrected chi connectivity index (χ0v) is 18.3. The standard InChI is InChI=1S/C23H17Cl2N3O4/c1-14-3-2-4-16(11-14)23(31)32-18-8-5-15(6-9-18)13-26-28-22(30)21(29)27-17-7-10-19(24)20(25)12-17/h2-13H,1H3,(H,27,29)(H,28,30)/b26-13+. The molecule has 0 saturated carbocycles. The third-order valence-corrected chi connectivity index (χ3v) is 4.85. The van der Waals surface area contributed by atoms with Crippen LogP contribution in [0.3, 0.4) is 0 Å². The van der Waals surface area contributed by atoms with Gasteiger partial charge in [0, 0.05) is 5.69 Å². The van der Waals surface area contributed by atoms with E-state index in [2.05, 4.69) is 15.8 Å². The molecular formula is C23H17Cl2N3O4. The summed E-state index contributed by atoms with van der Waals surface area (Å²) in [5, 5.41) is 6.70. The molecule has 0 bridgehead atoms. The summed E-state index contributed by atoms with van der Waals surface area (Å²) in [5.74, 6) is -1.98. The second-order valence-electron chi connectivity index (χ2n) is 6.61. The van der Waals surface area contributed by atoms with E-state index in [1.165, 1.54) is 24.4 Å². The van der Waals surface area contributed by atoms with Crippen molar-refractivity contribution < 1.29 is 19.1 Å². The fraction of sp³-hybridized carbons (Fsp3) is 0.0435. The van der Waals surface area contributed by atoms with Crippen LogP contribution in [0.1, 0.15) is 21.5 Å². The Bertz CT molecular complexity index is 1190. The van der Waals surface area contributed by atoms with Crippen LogP contribution in [-0.4, -0.2) is 24.0 Å². The van der Waals surface area contributed by atoms with Crippen LogP contribution in [-0.2, 0) is 9.59 Å². The molecule has 0 aromatic heterocycles. The molecule has 2 N–H and O–H groups in total. The van der Waals surface area contributed by atoms with Gasteiger partial charge in [-0.1, -0.05) is 40.9 Å². The molecule has 0 atom stereocenters. The van der Waals surface area contributed by atoms with E-state index in [0.29, 0.717) is 27.6 Å². The number of hydrogen-bond acceptors (Lipinski definition) is 5.